The molecule has 0 unspecified atom stereocenters. The van der Waals surface area contributed by atoms with E-state index in [9.17, 15) is 0 Å². The van der Waals surface area contributed by atoms with Crippen LogP contribution >= 0.6 is 24.0 Å². The first-order chi connectivity index (χ1) is 10.8. The van der Waals surface area contributed by atoms with Gasteiger partial charge in [-0.25, -0.2) is 0 Å². The van der Waals surface area contributed by atoms with Crippen LogP contribution < -0.4 is 10.6 Å². The van der Waals surface area contributed by atoms with E-state index in [-0.39, 0.29) is 24.0 Å². The molecule has 0 radical (unpaired) electrons. The quantitative estimate of drug-likeness (QED) is 0.418. The summed E-state index contributed by atoms with van der Waals surface area (Å²) in [7, 11) is 1.81. The molecule has 23 heavy (non-hydrogen) atoms. The highest BCUT2D eigenvalue weighted by Gasteiger charge is 2.06. The van der Waals surface area contributed by atoms with Gasteiger partial charge in [0.05, 0.1) is 5.52 Å². The summed E-state index contributed by atoms with van der Waals surface area (Å²) in [5.74, 6) is 1.55. The van der Waals surface area contributed by atoms with Crippen molar-refractivity contribution < 1.29 is 0 Å². The van der Waals surface area contributed by atoms with Crippen LogP contribution in [0.25, 0.3) is 10.9 Å². The van der Waals surface area contributed by atoms with E-state index in [0.717, 1.165) is 24.6 Å². The zero-order valence-corrected chi connectivity index (χ0v) is 16.5. The van der Waals surface area contributed by atoms with Crippen LogP contribution in [0, 0.1) is 5.92 Å². The summed E-state index contributed by atoms with van der Waals surface area (Å²) in [5, 5.41) is 7.99. The summed E-state index contributed by atoms with van der Waals surface area (Å²) >= 11 is 0. The second-order valence-electron chi connectivity index (χ2n) is 5.48. The summed E-state index contributed by atoms with van der Waals surface area (Å²) in [6, 6.07) is 10.3. The zero-order valence-electron chi connectivity index (χ0n) is 14.2. The van der Waals surface area contributed by atoms with Crippen LogP contribution in [0.5, 0.6) is 0 Å². The molecule has 0 aliphatic heterocycles. The molecule has 0 aliphatic carbocycles. The number of rotatable bonds is 6. The van der Waals surface area contributed by atoms with Gasteiger partial charge in [0.2, 0.25) is 0 Å². The molecule has 4 nitrogen and oxygen atoms in total. The summed E-state index contributed by atoms with van der Waals surface area (Å²) in [5.41, 5.74) is 2.26. The number of nitrogens with zero attached hydrogens (tertiary/aromatic N) is 2. The molecule has 1 aromatic carbocycles. The van der Waals surface area contributed by atoms with Crippen molar-refractivity contribution in [3.05, 3.63) is 42.1 Å². The van der Waals surface area contributed by atoms with E-state index in [0.29, 0.717) is 5.92 Å². The molecule has 5 heteroatoms. The smallest absolute Gasteiger partial charge is 0.191 e. The van der Waals surface area contributed by atoms with Gasteiger partial charge in [-0.15, -0.1) is 24.0 Å². The Labute approximate surface area is 156 Å². The normalized spacial score (nSPS) is 11.4. The summed E-state index contributed by atoms with van der Waals surface area (Å²) in [4.78, 5) is 8.70. The predicted molar refractivity (Wildman–Crippen MR) is 109 cm³/mol. The Balaban J connectivity index is 0.00000264. The molecule has 1 heterocycles. The number of aromatic nitrogens is 1. The predicted octanol–water partition coefficient (Wildman–Crippen LogP) is 3.95. The topological polar surface area (TPSA) is 49.3 Å². The fourth-order valence-electron chi connectivity index (χ4n) is 2.53. The van der Waals surface area contributed by atoms with E-state index in [1.165, 1.54) is 23.8 Å². The second kappa shape index (κ2) is 10.4. The largest absolute Gasteiger partial charge is 0.356 e. The number of guanidine groups is 1. The zero-order chi connectivity index (χ0) is 15.8. The van der Waals surface area contributed by atoms with Crippen LogP contribution in [-0.4, -0.2) is 24.5 Å². The number of benzene rings is 1. The highest BCUT2D eigenvalue weighted by atomic mass is 127. The third kappa shape index (κ3) is 5.64. The van der Waals surface area contributed by atoms with E-state index < -0.39 is 0 Å². The monoisotopic (exact) mass is 426 g/mol. The number of fused-ring (bicyclic) bond motifs is 1. The second-order valence-corrected chi connectivity index (χ2v) is 5.48. The first kappa shape index (κ1) is 19.7. The first-order valence-electron chi connectivity index (χ1n) is 8.05. The van der Waals surface area contributed by atoms with E-state index >= 15 is 0 Å². The van der Waals surface area contributed by atoms with E-state index in [4.69, 9.17) is 0 Å². The average molecular weight is 426 g/mol. The van der Waals surface area contributed by atoms with Gasteiger partial charge < -0.3 is 10.6 Å². The van der Waals surface area contributed by atoms with Gasteiger partial charge in [-0.2, -0.15) is 0 Å². The fourth-order valence-corrected chi connectivity index (χ4v) is 2.53. The van der Waals surface area contributed by atoms with Crippen molar-refractivity contribution in [1.82, 2.24) is 15.6 Å². The number of hydrogen-bond donors (Lipinski definition) is 2. The van der Waals surface area contributed by atoms with Gasteiger partial charge in [0, 0.05) is 31.7 Å². The Hall–Kier alpha value is -1.37. The van der Waals surface area contributed by atoms with Crippen LogP contribution in [0.2, 0.25) is 0 Å². The van der Waals surface area contributed by atoms with Gasteiger partial charge in [-0.05, 0) is 23.6 Å². The Morgan fingerprint density at radius 3 is 2.57 bits per heavy atom. The lowest BCUT2D eigenvalue weighted by Gasteiger charge is -2.17. The van der Waals surface area contributed by atoms with Crippen molar-refractivity contribution in [1.29, 1.82) is 0 Å². The maximum atomic E-state index is 4.40. The molecule has 0 saturated carbocycles. The third-order valence-corrected chi connectivity index (χ3v) is 4.12. The lowest BCUT2D eigenvalue weighted by Crippen LogP contribution is -2.39. The highest BCUT2D eigenvalue weighted by molar-refractivity contribution is 14.0. The van der Waals surface area contributed by atoms with Gasteiger partial charge in [0.1, 0.15) is 0 Å². The molecular weight excluding hydrogens is 399 g/mol. The summed E-state index contributed by atoms with van der Waals surface area (Å²) in [6.45, 7) is 6.17. The van der Waals surface area contributed by atoms with Crippen molar-refractivity contribution in [3.63, 3.8) is 0 Å². The Bertz CT molecular complexity index is 618. The van der Waals surface area contributed by atoms with E-state index in [1.54, 1.807) is 0 Å². The first-order valence-corrected chi connectivity index (χ1v) is 8.05. The number of aliphatic imine (C=N–C) groups is 1. The van der Waals surface area contributed by atoms with Crippen molar-refractivity contribution in [2.75, 3.05) is 13.6 Å². The Morgan fingerprint density at radius 1 is 1.13 bits per heavy atom. The minimum atomic E-state index is 0. The number of nitrogens with one attached hydrogen (secondary N) is 2. The SMILES string of the molecule is CCC(CC)CNC(=NC)NCc1ccnc2ccccc12.I. The van der Waals surface area contributed by atoms with Crippen LogP contribution in [0.15, 0.2) is 41.5 Å². The molecule has 0 amide bonds. The molecule has 0 spiro atoms. The fraction of sp³-hybridized carbons (Fsp3) is 0.444. The minimum Gasteiger partial charge on any atom is -0.356 e. The number of hydrogen-bond acceptors (Lipinski definition) is 2. The van der Waals surface area contributed by atoms with Gasteiger partial charge in [0.25, 0.3) is 0 Å². The molecule has 0 saturated heterocycles. The molecule has 2 aromatic rings. The van der Waals surface area contributed by atoms with Gasteiger partial charge >= 0.3 is 0 Å². The van der Waals surface area contributed by atoms with Crippen molar-refractivity contribution >= 4 is 40.8 Å². The molecule has 1 aromatic heterocycles. The average Bonchev–Trinajstić information content (AvgIpc) is 2.58. The molecule has 2 rings (SSSR count). The van der Waals surface area contributed by atoms with Crippen LogP contribution in [0.4, 0.5) is 0 Å². The maximum absolute atomic E-state index is 4.40. The number of pyridine rings is 1. The van der Waals surface area contributed by atoms with E-state index in [2.05, 4.69) is 46.6 Å². The maximum Gasteiger partial charge on any atom is 0.191 e. The molecule has 0 fully saturated rings. The van der Waals surface area contributed by atoms with Crippen LogP contribution in [0.3, 0.4) is 0 Å². The molecule has 2 N–H and O–H groups in total. The lowest BCUT2D eigenvalue weighted by atomic mass is 10.0. The molecule has 0 atom stereocenters. The summed E-state index contributed by atoms with van der Waals surface area (Å²) < 4.78 is 0. The standard InChI is InChI=1S/C18H26N4.HI/c1-4-14(5-2)12-21-18(19-3)22-13-15-10-11-20-17-9-7-6-8-16(15)17;/h6-11,14H,4-5,12-13H2,1-3H3,(H2,19,21,22);1H. The van der Waals surface area contributed by atoms with Crippen LogP contribution in [-0.2, 0) is 6.54 Å². The van der Waals surface area contributed by atoms with Crippen LogP contribution in [0.1, 0.15) is 32.3 Å². The molecular formula is C18H27IN4. The van der Waals surface area contributed by atoms with E-state index in [1.807, 2.05) is 31.4 Å². The number of halogens is 1. The van der Waals surface area contributed by atoms with Crippen molar-refractivity contribution in [2.24, 2.45) is 10.9 Å². The molecule has 126 valence electrons. The van der Waals surface area contributed by atoms with Gasteiger partial charge in [-0.3, -0.25) is 9.98 Å². The Morgan fingerprint density at radius 2 is 1.87 bits per heavy atom. The third-order valence-electron chi connectivity index (χ3n) is 4.12. The van der Waals surface area contributed by atoms with Gasteiger partial charge in [0.15, 0.2) is 5.96 Å². The minimum absolute atomic E-state index is 0. The highest BCUT2D eigenvalue weighted by Crippen LogP contribution is 2.15. The molecule has 0 aliphatic rings. The van der Waals surface area contributed by atoms with Crippen molar-refractivity contribution in [2.45, 2.75) is 33.2 Å². The van der Waals surface area contributed by atoms with Gasteiger partial charge in [-0.1, -0.05) is 44.9 Å². The Kier molecular flexibility index (Phi) is 8.91. The summed E-state index contributed by atoms with van der Waals surface area (Å²) in [6.07, 6.45) is 4.24. The number of para-hydroxylation sites is 1. The van der Waals surface area contributed by atoms with Crippen molar-refractivity contribution in [3.8, 4) is 0 Å². The molecule has 0 bridgehead atoms. The lowest BCUT2D eigenvalue weighted by molar-refractivity contribution is 0.481.